The third-order valence-corrected chi connectivity index (χ3v) is 99.4. The van der Waals surface area contributed by atoms with Gasteiger partial charge in [0.05, 0.1) is 42.0 Å². The number of rotatable bonds is 19. The molecule has 0 unspecified atom stereocenters. The zero-order chi connectivity index (χ0) is 80.7. The van der Waals surface area contributed by atoms with Crippen molar-refractivity contribution >= 4 is 267 Å². The normalized spacial score (nSPS) is 13.5. The molecular formula is C90H106S14Si8. The average Bonchev–Trinajstić information content (AvgIpc) is 1.60. The van der Waals surface area contributed by atoms with E-state index in [-0.39, 0.29) is 0 Å². The topological polar surface area (TPSA) is 0 Å². The molecule has 0 fully saturated rings. The van der Waals surface area contributed by atoms with Crippen LogP contribution in [-0.4, -0.2) is 63.6 Å². The summed E-state index contributed by atoms with van der Waals surface area (Å²) < 4.78 is 15.3. The predicted molar refractivity (Wildman–Crippen MR) is 550 cm³/mol. The summed E-state index contributed by atoms with van der Waals surface area (Å²) in [5.41, 5.74) is 8.14. The lowest BCUT2D eigenvalue weighted by atomic mass is 10.2. The lowest BCUT2D eigenvalue weighted by molar-refractivity contribution is 0.730. The van der Waals surface area contributed by atoms with Crippen LogP contribution in [0.25, 0.3) is 78.0 Å². The molecule has 0 bridgehead atoms. The highest BCUT2D eigenvalue weighted by Crippen LogP contribution is 2.48. The summed E-state index contributed by atoms with van der Waals surface area (Å²) in [6.45, 7) is 64.7. The van der Waals surface area contributed by atoms with E-state index in [1.54, 1.807) is 18.0 Å². The molecule has 0 nitrogen and oxygen atoms in total. The summed E-state index contributed by atoms with van der Waals surface area (Å²) in [6.07, 6.45) is 0. The molecule has 0 aromatic carbocycles. The molecule has 0 aliphatic rings. The van der Waals surface area contributed by atoms with Crippen LogP contribution in [0.5, 0.6) is 0 Å². The quantitative estimate of drug-likeness (QED) is 0.0559. The Hall–Kier alpha value is -3.34. The van der Waals surface area contributed by atoms with Gasteiger partial charge in [0.25, 0.3) is 0 Å². The molecule has 0 aliphatic carbocycles. The van der Waals surface area contributed by atoms with Gasteiger partial charge in [0.1, 0.15) is 15.2 Å². The van der Waals surface area contributed by atoms with Gasteiger partial charge in [0, 0.05) is 105 Å². The molecule has 0 N–H and O–H groups in total. The van der Waals surface area contributed by atoms with Gasteiger partial charge in [-0.15, -0.1) is 170 Å². The van der Waals surface area contributed by atoms with Crippen LogP contribution in [0, 0.1) is 22.9 Å². The summed E-state index contributed by atoms with van der Waals surface area (Å²) in [5.74, 6) is 7.81. The van der Waals surface area contributed by atoms with Crippen LogP contribution in [0.2, 0.25) is 112 Å². The fraction of sp³-hybridized carbons (Fsp3) is 0.333. The van der Waals surface area contributed by atoms with Crippen molar-refractivity contribution in [3.05, 3.63) is 180 Å². The first kappa shape index (κ1) is 85.1. The Kier molecular flexibility index (Phi) is 23.6. The lowest BCUT2D eigenvalue weighted by Gasteiger charge is -2.35. The fourth-order valence-electron chi connectivity index (χ4n) is 12.9. The lowest BCUT2D eigenvalue weighted by Crippen LogP contribution is -2.61. The van der Waals surface area contributed by atoms with Gasteiger partial charge in [-0.1, -0.05) is 247 Å². The molecule has 0 aliphatic heterocycles. The van der Waals surface area contributed by atoms with Crippen molar-refractivity contribution in [1.82, 2.24) is 0 Å². The molecule has 14 heterocycles. The predicted octanol–water partition coefficient (Wildman–Crippen LogP) is 27.9. The van der Waals surface area contributed by atoms with Crippen LogP contribution < -0.4 is 45.0 Å². The maximum absolute atomic E-state index is 4.07. The van der Waals surface area contributed by atoms with E-state index < -0.39 is 63.6 Å². The second kappa shape index (κ2) is 31.0. The SMILES string of the molecule is CC(C)(C)[Si](C)(C)c1ccc(-c2ccc(-c3ccc([Si](C)(c4ccc(C#C[Si](C)(C)[Si](C)(C)C#Cc5ccc([Si](C)(c6ccc(-c7ccc(-c8ccc([Si](C)(C)C(C)(C)C)s8)s7)s6)c6ccc(-c7ccc(-c8ccc([Si](C)(C)C(C)(C)C)s8)s7)s6)s5)s4)c4ccc(-c5ccc(-c6ccc([Si](C)(C)C(C)(C)C)s6)s5)s4)s3)s2)s1. The minimum absolute atomic E-state index is 0.297. The Balaban J connectivity index is 0.756. The monoisotopic (exact) mass is 1860 g/mol. The number of thiophene rings is 14. The van der Waals surface area contributed by atoms with Crippen LogP contribution >= 0.6 is 159 Å². The summed E-state index contributed by atoms with van der Waals surface area (Å²) in [7, 11) is -16.0. The van der Waals surface area contributed by atoms with Gasteiger partial charge in [-0.2, -0.15) is 0 Å². The van der Waals surface area contributed by atoms with Crippen LogP contribution in [0.1, 0.15) is 92.8 Å². The molecule has 0 radical (unpaired) electrons. The van der Waals surface area contributed by atoms with Gasteiger partial charge < -0.3 is 0 Å². The zero-order valence-corrected chi connectivity index (χ0v) is 89.3. The Morgan fingerprint density at radius 3 is 0.509 bits per heavy atom. The van der Waals surface area contributed by atoms with Crippen molar-refractivity contribution in [2.24, 2.45) is 0 Å². The van der Waals surface area contributed by atoms with Crippen molar-refractivity contribution < 1.29 is 0 Å². The summed E-state index contributed by atoms with van der Waals surface area (Å²) in [6, 6.07) is 67.6. The summed E-state index contributed by atoms with van der Waals surface area (Å²) >= 11 is 27.9. The molecule has 14 aromatic heterocycles. The molecule has 14 rings (SSSR count). The average molecular weight is 1860 g/mol. The first-order valence-corrected chi connectivity index (χ1v) is 74.1. The smallest absolute Gasteiger partial charge is 0.144 e. The van der Waals surface area contributed by atoms with Gasteiger partial charge in [-0.3, -0.25) is 0 Å². The zero-order valence-electron chi connectivity index (χ0n) is 69.9. The summed E-state index contributed by atoms with van der Waals surface area (Å²) in [5, 5.41) is 1.19. The van der Waals surface area contributed by atoms with Crippen molar-refractivity contribution in [2.45, 2.75) is 195 Å². The molecule has 112 heavy (non-hydrogen) atoms. The Morgan fingerprint density at radius 2 is 0.321 bits per heavy atom. The molecular weight excluding hydrogens is 1750 g/mol. The maximum Gasteiger partial charge on any atom is 0.181 e. The van der Waals surface area contributed by atoms with Gasteiger partial charge >= 0.3 is 0 Å². The van der Waals surface area contributed by atoms with Gasteiger partial charge in [-0.25, -0.2) is 0 Å². The Labute approximate surface area is 733 Å². The van der Waals surface area contributed by atoms with Crippen LogP contribution in [0.15, 0.2) is 170 Å². The van der Waals surface area contributed by atoms with E-state index in [2.05, 4.69) is 368 Å². The minimum Gasteiger partial charge on any atom is -0.144 e. The highest BCUT2D eigenvalue weighted by atomic mass is 32.2. The van der Waals surface area contributed by atoms with E-state index in [9.17, 15) is 0 Å². The number of hydrogen-bond donors (Lipinski definition) is 0. The van der Waals surface area contributed by atoms with E-state index in [0.717, 1.165) is 0 Å². The minimum atomic E-state index is -2.54. The number of hydrogen-bond acceptors (Lipinski definition) is 14. The molecule has 0 amide bonds. The molecule has 582 valence electrons. The van der Waals surface area contributed by atoms with E-state index in [4.69, 9.17) is 0 Å². The van der Waals surface area contributed by atoms with Crippen LogP contribution in [0.4, 0.5) is 0 Å². The maximum atomic E-state index is 4.07. The van der Waals surface area contributed by atoms with Gasteiger partial charge in [-0.05, 0) is 147 Å². The highest BCUT2D eigenvalue weighted by Gasteiger charge is 2.46. The van der Waals surface area contributed by atoms with Gasteiger partial charge in [0.15, 0.2) is 16.1 Å². The molecule has 14 aromatic rings. The van der Waals surface area contributed by atoms with Crippen molar-refractivity contribution in [3.63, 3.8) is 0 Å². The Morgan fingerprint density at radius 1 is 0.179 bits per heavy atom. The Bertz CT molecular complexity index is 5240. The first-order valence-electron chi connectivity index (χ1n) is 38.7. The van der Waals surface area contributed by atoms with Crippen molar-refractivity contribution in [1.29, 1.82) is 0 Å². The van der Waals surface area contributed by atoms with Crippen molar-refractivity contribution in [2.75, 3.05) is 0 Å². The van der Waals surface area contributed by atoms with E-state index in [1.807, 2.05) is 159 Å². The standard InChI is InChI=1S/C90H106S14Si8/c1-87(2,3)107(17,18)77-47-37-69(97-77)61-29-33-65(93-61)73-41-51-83(101-73)111(25,84-52-42-74(102-84)66-34-30-62(94-66)70-38-48-78(98-70)108(19,20)88(4,5)6)81-45-27-59(91-81)55-57-105(13,14)106(15,16)58-56-60-28-46-82(92-60)112(26,85-53-43-75(103-85)67-35-31-63(95-67)71-39-49-79(99-71)109(21,22)89(7,8)9)86-54-44-76(104-86)68-36-32-64(96-68)72-40-50-80(100-72)110(23,24)90(10,11)12/h27-54H,1-26H3. The molecule has 0 saturated carbocycles. The molecule has 0 atom stereocenters. The third kappa shape index (κ3) is 16.1. The highest BCUT2D eigenvalue weighted by molar-refractivity contribution is 7.50. The molecule has 22 heteroatoms. The van der Waals surface area contributed by atoms with E-state index >= 15 is 0 Å². The van der Waals surface area contributed by atoms with Crippen LogP contribution in [-0.2, 0) is 0 Å². The second-order valence-corrected chi connectivity index (χ2v) is 100.0. The second-order valence-electron chi connectivity index (χ2n) is 37.8. The molecule has 0 spiro atoms. The fourth-order valence-corrected chi connectivity index (χ4v) is 58.9. The summed E-state index contributed by atoms with van der Waals surface area (Å²) in [4.78, 5) is 24.3. The van der Waals surface area contributed by atoms with Crippen molar-refractivity contribution in [3.8, 4) is 101 Å². The van der Waals surface area contributed by atoms with E-state index in [0.29, 0.717) is 20.2 Å². The third-order valence-electron chi connectivity index (χ3n) is 25.9. The van der Waals surface area contributed by atoms with Gasteiger partial charge in [0.2, 0.25) is 0 Å². The first-order chi connectivity index (χ1) is 52.2. The molecule has 0 saturated heterocycles. The van der Waals surface area contributed by atoms with E-state index in [1.165, 1.54) is 115 Å². The largest absolute Gasteiger partial charge is 0.181 e. The van der Waals surface area contributed by atoms with Crippen LogP contribution in [0.3, 0.4) is 0 Å².